The molecule has 1 spiro atoms. The lowest BCUT2D eigenvalue weighted by atomic mass is 9.54. The summed E-state index contributed by atoms with van der Waals surface area (Å²) in [5.41, 5.74) is 6.72. The van der Waals surface area contributed by atoms with Gasteiger partial charge in [-0.3, -0.25) is 0 Å². The molecule has 1 heterocycles. The second-order valence-electron chi connectivity index (χ2n) is 11.3. The summed E-state index contributed by atoms with van der Waals surface area (Å²) < 4.78 is 0. The number of nitrogens with zero attached hydrogens (tertiary/aromatic N) is 1. The van der Waals surface area contributed by atoms with Gasteiger partial charge in [0.1, 0.15) is 0 Å². The fourth-order valence-corrected chi connectivity index (χ4v) is 7.72. The molecule has 0 amide bonds. The molecule has 0 radical (unpaired) electrons. The largest absolute Gasteiger partial charge is 0.371 e. The van der Waals surface area contributed by atoms with Crippen molar-refractivity contribution in [3.8, 4) is 0 Å². The Hall–Kier alpha value is -1.50. The average molecular weight is 418 g/mol. The zero-order valence-corrected chi connectivity index (χ0v) is 19.9. The molecule has 168 valence electrons. The fraction of sp³-hybridized carbons (Fsp3) is 0.667. The van der Waals surface area contributed by atoms with E-state index in [-0.39, 0.29) is 0 Å². The first-order valence-corrected chi connectivity index (χ1v) is 13.3. The molecule has 1 heteroatoms. The molecule has 3 atom stereocenters. The van der Waals surface area contributed by atoms with Crippen molar-refractivity contribution >= 4 is 5.69 Å². The van der Waals surface area contributed by atoms with Crippen LogP contribution in [0.5, 0.6) is 0 Å². The first kappa shape index (κ1) is 21.4. The molecule has 4 aliphatic rings. The van der Waals surface area contributed by atoms with E-state index in [4.69, 9.17) is 6.58 Å². The monoisotopic (exact) mass is 417 g/mol. The molecule has 1 aromatic rings. The van der Waals surface area contributed by atoms with E-state index in [9.17, 15) is 0 Å². The highest BCUT2D eigenvalue weighted by atomic mass is 15.1. The fourth-order valence-electron chi connectivity index (χ4n) is 7.72. The standard InChI is InChI=1S/C30H43N/c1-23-11-15-27(16-12-23)31-20-7-8-25(17-21-31)13-14-26-22-30(18-4-3-5-19-30)24(2)28-9-6-10-29(26)28/h11-13,15-16,26,28-29H,2-10,14,17-22H2,1H3. The molecular formula is C30H43N. The molecule has 1 nitrogen and oxygen atoms in total. The minimum absolute atomic E-state index is 0.513. The molecule has 3 aliphatic carbocycles. The summed E-state index contributed by atoms with van der Waals surface area (Å²) in [6, 6.07) is 9.13. The van der Waals surface area contributed by atoms with E-state index in [1.807, 2.05) is 0 Å². The van der Waals surface area contributed by atoms with Crippen LogP contribution in [0, 0.1) is 30.1 Å². The van der Waals surface area contributed by atoms with Crippen molar-refractivity contribution in [3.63, 3.8) is 0 Å². The molecule has 4 fully saturated rings. The van der Waals surface area contributed by atoms with Crippen molar-refractivity contribution in [3.05, 3.63) is 53.6 Å². The molecule has 0 bridgehead atoms. The zero-order chi connectivity index (χ0) is 21.3. The molecule has 1 aliphatic heterocycles. The second kappa shape index (κ2) is 9.16. The van der Waals surface area contributed by atoms with Gasteiger partial charge in [-0.05, 0) is 100 Å². The van der Waals surface area contributed by atoms with Crippen LogP contribution in [0.4, 0.5) is 5.69 Å². The molecule has 1 aromatic carbocycles. The Morgan fingerprint density at radius 3 is 2.58 bits per heavy atom. The molecule has 0 N–H and O–H groups in total. The van der Waals surface area contributed by atoms with Crippen LogP contribution >= 0.6 is 0 Å². The molecule has 1 saturated heterocycles. The van der Waals surface area contributed by atoms with Crippen LogP contribution < -0.4 is 4.90 Å². The highest BCUT2D eigenvalue weighted by Gasteiger charge is 2.49. The maximum absolute atomic E-state index is 4.75. The Morgan fingerprint density at radius 2 is 1.77 bits per heavy atom. The van der Waals surface area contributed by atoms with E-state index in [1.165, 1.54) is 108 Å². The summed E-state index contributed by atoms with van der Waals surface area (Å²) in [6.07, 6.45) is 20.9. The molecule has 5 rings (SSSR count). The van der Waals surface area contributed by atoms with Crippen LogP contribution in [0.25, 0.3) is 0 Å². The van der Waals surface area contributed by atoms with Gasteiger partial charge in [0, 0.05) is 18.8 Å². The first-order valence-electron chi connectivity index (χ1n) is 13.3. The molecule has 0 aromatic heterocycles. The summed E-state index contributed by atoms with van der Waals surface area (Å²) >= 11 is 0. The molecular weight excluding hydrogens is 374 g/mol. The second-order valence-corrected chi connectivity index (χ2v) is 11.3. The Balaban J connectivity index is 1.25. The first-order chi connectivity index (χ1) is 15.1. The Bertz CT molecular complexity index is 794. The van der Waals surface area contributed by atoms with Gasteiger partial charge in [0.15, 0.2) is 0 Å². The van der Waals surface area contributed by atoms with Crippen molar-refractivity contribution in [1.29, 1.82) is 0 Å². The van der Waals surface area contributed by atoms with Crippen molar-refractivity contribution < 1.29 is 0 Å². The van der Waals surface area contributed by atoms with Gasteiger partial charge in [-0.1, -0.05) is 67.2 Å². The van der Waals surface area contributed by atoms with E-state index in [0.717, 1.165) is 17.8 Å². The van der Waals surface area contributed by atoms with Gasteiger partial charge in [-0.2, -0.15) is 0 Å². The van der Waals surface area contributed by atoms with Gasteiger partial charge in [-0.15, -0.1) is 0 Å². The van der Waals surface area contributed by atoms with E-state index < -0.39 is 0 Å². The number of allylic oxidation sites excluding steroid dienone is 2. The van der Waals surface area contributed by atoms with E-state index >= 15 is 0 Å². The lowest BCUT2D eigenvalue weighted by Crippen LogP contribution is -2.40. The lowest BCUT2D eigenvalue weighted by molar-refractivity contribution is 0.0841. The highest BCUT2D eigenvalue weighted by molar-refractivity contribution is 5.47. The predicted octanol–water partition coefficient (Wildman–Crippen LogP) is 8.24. The molecule has 31 heavy (non-hydrogen) atoms. The number of hydrogen-bond acceptors (Lipinski definition) is 1. The Kier molecular flexibility index (Phi) is 6.31. The number of hydrogen-bond donors (Lipinski definition) is 0. The summed E-state index contributed by atoms with van der Waals surface area (Å²) in [4.78, 5) is 2.61. The minimum Gasteiger partial charge on any atom is -0.371 e. The van der Waals surface area contributed by atoms with Crippen molar-refractivity contribution in [2.75, 3.05) is 18.0 Å². The smallest absolute Gasteiger partial charge is 0.0366 e. The molecule has 3 saturated carbocycles. The third-order valence-corrected chi connectivity index (χ3v) is 9.50. The lowest BCUT2D eigenvalue weighted by Gasteiger charge is -2.51. The quantitative estimate of drug-likeness (QED) is 0.447. The highest BCUT2D eigenvalue weighted by Crippen LogP contribution is 2.60. The van der Waals surface area contributed by atoms with E-state index in [0.29, 0.717) is 5.41 Å². The predicted molar refractivity (Wildman–Crippen MR) is 134 cm³/mol. The van der Waals surface area contributed by atoms with Crippen LogP contribution in [-0.2, 0) is 0 Å². The number of rotatable bonds is 3. The topological polar surface area (TPSA) is 3.24 Å². The molecule has 3 unspecified atom stereocenters. The summed E-state index contributed by atoms with van der Waals surface area (Å²) in [5.74, 6) is 2.70. The van der Waals surface area contributed by atoms with Crippen molar-refractivity contribution in [2.24, 2.45) is 23.2 Å². The van der Waals surface area contributed by atoms with Crippen LogP contribution in [0.1, 0.15) is 89.0 Å². The van der Waals surface area contributed by atoms with Gasteiger partial charge < -0.3 is 4.90 Å². The summed E-state index contributed by atoms with van der Waals surface area (Å²) in [6.45, 7) is 9.33. The van der Waals surface area contributed by atoms with Crippen LogP contribution in [-0.4, -0.2) is 13.1 Å². The van der Waals surface area contributed by atoms with Gasteiger partial charge in [0.2, 0.25) is 0 Å². The Morgan fingerprint density at radius 1 is 0.968 bits per heavy atom. The van der Waals surface area contributed by atoms with E-state index in [1.54, 1.807) is 11.1 Å². The maximum Gasteiger partial charge on any atom is 0.0366 e. The number of aryl methyl sites for hydroxylation is 1. The third kappa shape index (κ3) is 4.39. The van der Waals surface area contributed by atoms with Crippen molar-refractivity contribution in [2.45, 2.75) is 90.4 Å². The Labute approximate surface area is 191 Å². The van der Waals surface area contributed by atoms with Crippen LogP contribution in [0.3, 0.4) is 0 Å². The van der Waals surface area contributed by atoms with Gasteiger partial charge >= 0.3 is 0 Å². The maximum atomic E-state index is 4.75. The summed E-state index contributed by atoms with van der Waals surface area (Å²) in [7, 11) is 0. The normalized spacial score (nSPS) is 32.3. The van der Waals surface area contributed by atoms with Gasteiger partial charge in [0.25, 0.3) is 0 Å². The van der Waals surface area contributed by atoms with Gasteiger partial charge in [-0.25, -0.2) is 0 Å². The van der Waals surface area contributed by atoms with E-state index in [2.05, 4.69) is 42.2 Å². The average Bonchev–Trinajstić information content (AvgIpc) is 3.17. The number of benzene rings is 1. The number of anilines is 1. The zero-order valence-electron chi connectivity index (χ0n) is 19.9. The van der Waals surface area contributed by atoms with Gasteiger partial charge in [0.05, 0.1) is 0 Å². The van der Waals surface area contributed by atoms with Crippen LogP contribution in [0.15, 0.2) is 48.1 Å². The van der Waals surface area contributed by atoms with Crippen LogP contribution in [0.2, 0.25) is 0 Å². The van der Waals surface area contributed by atoms with Crippen molar-refractivity contribution in [1.82, 2.24) is 0 Å². The summed E-state index contributed by atoms with van der Waals surface area (Å²) in [5, 5.41) is 0. The SMILES string of the molecule is C=C1C2CCCC2C(CC=C2CCCN(c3ccc(C)cc3)CC2)CC12CCCCC2. The third-order valence-electron chi connectivity index (χ3n) is 9.50. The minimum atomic E-state index is 0.513. The number of fused-ring (bicyclic) bond motifs is 1.